The summed E-state index contributed by atoms with van der Waals surface area (Å²) in [6.45, 7) is 0.391. The van der Waals surface area contributed by atoms with Crippen molar-refractivity contribution in [3.8, 4) is 0 Å². The van der Waals surface area contributed by atoms with Crippen molar-refractivity contribution in [3.05, 3.63) is 24.0 Å². The van der Waals surface area contributed by atoms with E-state index in [0.717, 1.165) is 31.2 Å². The maximum absolute atomic E-state index is 11.8. The Morgan fingerprint density at radius 2 is 2.13 bits per heavy atom. The van der Waals surface area contributed by atoms with E-state index in [-0.39, 0.29) is 5.25 Å². The molecule has 2 rings (SSSR count). The molecule has 1 fully saturated rings. The van der Waals surface area contributed by atoms with Crippen molar-refractivity contribution < 1.29 is 8.42 Å². The van der Waals surface area contributed by atoms with Crippen LogP contribution in [-0.2, 0) is 16.6 Å². The maximum atomic E-state index is 11.8. The van der Waals surface area contributed by atoms with Crippen molar-refractivity contribution in [1.82, 2.24) is 9.71 Å². The Bertz CT molecular complexity index is 391. The molecule has 1 heterocycles. The van der Waals surface area contributed by atoms with E-state index in [0.29, 0.717) is 6.54 Å². The Labute approximate surface area is 90.1 Å². The number of rotatable bonds is 4. The van der Waals surface area contributed by atoms with Gasteiger partial charge >= 0.3 is 0 Å². The first-order chi connectivity index (χ1) is 7.18. The average Bonchev–Trinajstić information content (AvgIpc) is 2.88. The van der Waals surface area contributed by atoms with Gasteiger partial charge in [-0.15, -0.1) is 0 Å². The zero-order valence-corrected chi connectivity index (χ0v) is 9.39. The summed E-state index contributed by atoms with van der Waals surface area (Å²) in [4.78, 5) is 2.90. The van der Waals surface area contributed by atoms with Crippen LogP contribution in [0.15, 0.2) is 18.5 Å². The van der Waals surface area contributed by atoms with Crippen LogP contribution in [0.5, 0.6) is 0 Å². The third-order valence-electron chi connectivity index (χ3n) is 2.88. The van der Waals surface area contributed by atoms with Crippen LogP contribution in [0.25, 0.3) is 0 Å². The molecule has 1 saturated carbocycles. The van der Waals surface area contributed by atoms with E-state index in [4.69, 9.17) is 0 Å². The highest BCUT2D eigenvalue weighted by Gasteiger charge is 2.27. The number of sulfonamides is 1. The summed E-state index contributed by atoms with van der Waals surface area (Å²) in [7, 11) is -3.10. The van der Waals surface area contributed by atoms with Crippen molar-refractivity contribution in [1.29, 1.82) is 0 Å². The minimum absolute atomic E-state index is 0.170. The molecule has 2 N–H and O–H groups in total. The lowest BCUT2D eigenvalue weighted by molar-refractivity contribution is 0.564. The molecule has 0 aliphatic heterocycles. The standard InChI is InChI=1S/C10H16N2O2S/c13-15(14,10-3-1-2-4-10)12-8-9-5-6-11-7-9/h5-7,10-12H,1-4,8H2. The SMILES string of the molecule is O=S(=O)(NCc1cc[nH]c1)C1CCCC1. The number of aromatic amines is 1. The van der Waals surface area contributed by atoms with Crippen LogP contribution in [-0.4, -0.2) is 18.7 Å². The first-order valence-electron chi connectivity index (χ1n) is 5.28. The molecule has 0 saturated heterocycles. The number of hydrogen-bond donors (Lipinski definition) is 2. The lowest BCUT2D eigenvalue weighted by atomic mass is 10.4. The largest absolute Gasteiger partial charge is 0.367 e. The van der Waals surface area contributed by atoms with E-state index in [1.165, 1.54) is 0 Å². The normalized spacial score (nSPS) is 18.4. The van der Waals surface area contributed by atoms with E-state index in [1.54, 1.807) is 12.4 Å². The smallest absolute Gasteiger partial charge is 0.214 e. The van der Waals surface area contributed by atoms with Gasteiger partial charge in [0.05, 0.1) is 5.25 Å². The van der Waals surface area contributed by atoms with Gasteiger partial charge in [-0.1, -0.05) is 12.8 Å². The molecule has 0 aromatic carbocycles. The summed E-state index contributed by atoms with van der Waals surface area (Å²) in [5.74, 6) is 0. The monoisotopic (exact) mass is 228 g/mol. The summed E-state index contributed by atoms with van der Waals surface area (Å²) < 4.78 is 26.3. The predicted molar refractivity (Wildman–Crippen MR) is 58.8 cm³/mol. The topological polar surface area (TPSA) is 62.0 Å². The first-order valence-corrected chi connectivity index (χ1v) is 6.83. The summed E-state index contributed by atoms with van der Waals surface area (Å²) in [6, 6.07) is 1.87. The molecule has 0 amide bonds. The fraction of sp³-hybridized carbons (Fsp3) is 0.600. The zero-order chi connectivity index (χ0) is 10.7. The second-order valence-electron chi connectivity index (χ2n) is 3.99. The van der Waals surface area contributed by atoms with Crippen LogP contribution in [0, 0.1) is 0 Å². The van der Waals surface area contributed by atoms with E-state index in [2.05, 4.69) is 9.71 Å². The molecule has 0 bridgehead atoms. The van der Waals surface area contributed by atoms with Gasteiger partial charge in [-0.05, 0) is 24.5 Å². The van der Waals surface area contributed by atoms with E-state index in [1.807, 2.05) is 6.07 Å². The van der Waals surface area contributed by atoms with Crippen molar-refractivity contribution in [2.75, 3.05) is 0 Å². The Hall–Kier alpha value is -0.810. The lowest BCUT2D eigenvalue weighted by Gasteiger charge is -2.11. The van der Waals surface area contributed by atoms with Gasteiger partial charge in [-0.3, -0.25) is 0 Å². The molecule has 0 spiro atoms. The fourth-order valence-corrected chi connectivity index (χ4v) is 3.53. The highest BCUT2D eigenvalue weighted by molar-refractivity contribution is 7.90. The third kappa shape index (κ3) is 2.60. The second kappa shape index (κ2) is 4.37. The van der Waals surface area contributed by atoms with Crippen LogP contribution in [0.1, 0.15) is 31.2 Å². The molecule has 1 aliphatic carbocycles. The molecule has 15 heavy (non-hydrogen) atoms. The molecule has 1 aliphatic rings. The Balaban J connectivity index is 1.93. The number of hydrogen-bond acceptors (Lipinski definition) is 2. The molecular weight excluding hydrogens is 212 g/mol. The van der Waals surface area contributed by atoms with Gasteiger partial charge in [-0.25, -0.2) is 13.1 Å². The Kier molecular flexibility index (Phi) is 3.11. The average molecular weight is 228 g/mol. The Morgan fingerprint density at radius 3 is 2.73 bits per heavy atom. The van der Waals surface area contributed by atoms with E-state index < -0.39 is 10.0 Å². The highest BCUT2D eigenvalue weighted by atomic mass is 32.2. The fourth-order valence-electron chi connectivity index (χ4n) is 1.97. The quantitative estimate of drug-likeness (QED) is 0.817. The van der Waals surface area contributed by atoms with Gasteiger partial charge in [0.15, 0.2) is 0 Å². The lowest BCUT2D eigenvalue weighted by Crippen LogP contribution is -2.32. The van der Waals surface area contributed by atoms with Crippen LogP contribution in [0.3, 0.4) is 0 Å². The van der Waals surface area contributed by atoms with Gasteiger partial charge in [-0.2, -0.15) is 0 Å². The van der Waals surface area contributed by atoms with Gasteiger partial charge in [0.25, 0.3) is 0 Å². The number of H-pyrrole nitrogens is 1. The summed E-state index contributed by atoms with van der Waals surface area (Å²) in [5, 5.41) is -0.170. The van der Waals surface area contributed by atoms with Gasteiger partial charge in [0.1, 0.15) is 0 Å². The molecule has 0 radical (unpaired) electrons. The van der Waals surface area contributed by atoms with Crippen LogP contribution in [0.2, 0.25) is 0 Å². The summed E-state index contributed by atoms with van der Waals surface area (Å²) in [5.41, 5.74) is 0.969. The third-order valence-corrected chi connectivity index (χ3v) is 4.78. The van der Waals surface area contributed by atoms with E-state index >= 15 is 0 Å². The molecule has 0 atom stereocenters. The van der Waals surface area contributed by atoms with Crippen LogP contribution in [0.4, 0.5) is 0 Å². The molecule has 84 valence electrons. The van der Waals surface area contributed by atoms with Crippen molar-refractivity contribution in [2.24, 2.45) is 0 Å². The number of nitrogens with one attached hydrogen (secondary N) is 2. The summed E-state index contributed by atoms with van der Waals surface area (Å²) >= 11 is 0. The maximum Gasteiger partial charge on any atom is 0.214 e. The van der Waals surface area contributed by atoms with Crippen LogP contribution >= 0.6 is 0 Å². The number of aromatic nitrogens is 1. The molecule has 1 aromatic heterocycles. The van der Waals surface area contributed by atoms with Gasteiger partial charge in [0.2, 0.25) is 10.0 Å². The van der Waals surface area contributed by atoms with Crippen molar-refractivity contribution >= 4 is 10.0 Å². The van der Waals surface area contributed by atoms with Gasteiger partial charge in [0, 0.05) is 18.9 Å². The molecule has 0 unspecified atom stereocenters. The van der Waals surface area contributed by atoms with Gasteiger partial charge < -0.3 is 4.98 Å². The highest BCUT2D eigenvalue weighted by Crippen LogP contribution is 2.23. The first kappa shape index (κ1) is 10.7. The molecular formula is C10H16N2O2S. The van der Waals surface area contributed by atoms with E-state index in [9.17, 15) is 8.42 Å². The van der Waals surface area contributed by atoms with Crippen molar-refractivity contribution in [3.63, 3.8) is 0 Å². The Morgan fingerprint density at radius 1 is 1.40 bits per heavy atom. The minimum atomic E-state index is -3.10. The van der Waals surface area contributed by atoms with Crippen LogP contribution < -0.4 is 4.72 Å². The second-order valence-corrected chi connectivity index (χ2v) is 6.04. The molecule has 4 nitrogen and oxygen atoms in total. The summed E-state index contributed by atoms with van der Waals surface area (Å²) in [6.07, 6.45) is 7.28. The van der Waals surface area contributed by atoms with Crippen molar-refractivity contribution in [2.45, 2.75) is 37.5 Å². The molecule has 1 aromatic rings. The predicted octanol–water partition coefficient (Wildman–Crippen LogP) is 1.38. The minimum Gasteiger partial charge on any atom is -0.367 e. The molecule has 5 heteroatoms. The zero-order valence-electron chi connectivity index (χ0n) is 8.57.